The SMILES string of the molecule is CN1CCCC(Cn2c(N)cc3ccccc3c2=O)C1. The topological polar surface area (TPSA) is 51.3 Å². The van der Waals surface area contributed by atoms with Crippen LogP contribution in [0.5, 0.6) is 0 Å². The lowest BCUT2D eigenvalue weighted by Crippen LogP contribution is -2.36. The normalized spacial score (nSPS) is 20.4. The summed E-state index contributed by atoms with van der Waals surface area (Å²) in [5, 5.41) is 1.68. The number of anilines is 1. The van der Waals surface area contributed by atoms with Crippen LogP contribution in [0.15, 0.2) is 35.1 Å². The second kappa shape index (κ2) is 5.29. The first-order valence-electron chi connectivity index (χ1n) is 7.22. The summed E-state index contributed by atoms with van der Waals surface area (Å²) in [6, 6.07) is 9.55. The standard InChI is InChI=1S/C16H21N3O/c1-18-8-4-5-12(10-18)11-19-15(17)9-13-6-2-3-7-14(13)16(19)20/h2-3,6-7,9,12H,4-5,8,10-11,17H2,1H3. The average molecular weight is 271 g/mol. The van der Waals surface area contributed by atoms with Gasteiger partial charge in [-0.25, -0.2) is 0 Å². The summed E-state index contributed by atoms with van der Waals surface area (Å²) in [5.41, 5.74) is 6.12. The third-order valence-corrected chi connectivity index (χ3v) is 4.21. The van der Waals surface area contributed by atoms with Gasteiger partial charge in [-0.15, -0.1) is 0 Å². The van der Waals surface area contributed by atoms with E-state index >= 15 is 0 Å². The molecule has 1 atom stereocenters. The van der Waals surface area contributed by atoms with Gasteiger partial charge in [-0.3, -0.25) is 9.36 Å². The molecular formula is C16H21N3O. The maximum Gasteiger partial charge on any atom is 0.259 e. The second-order valence-corrected chi connectivity index (χ2v) is 5.84. The molecule has 0 bridgehead atoms. The predicted octanol–water partition coefficient (Wildman–Crippen LogP) is 1.93. The fourth-order valence-corrected chi connectivity index (χ4v) is 3.19. The lowest BCUT2D eigenvalue weighted by molar-refractivity contribution is 0.194. The fraction of sp³-hybridized carbons (Fsp3) is 0.438. The van der Waals surface area contributed by atoms with E-state index in [0.29, 0.717) is 11.7 Å². The molecule has 20 heavy (non-hydrogen) atoms. The van der Waals surface area contributed by atoms with E-state index in [1.807, 2.05) is 30.3 Å². The Hall–Kier alpha value is -1.81. The molecule has 0 saturated carbocycles. The lowest BCUT2D eigenvalue weighted by atomic mass is 9.98. The highest BCUT2D eigenvalue weighted by molar-refractivity contribution is 5.83. The van der Waals surface area contributed by atoms with Crippen molar-refractivity contribution in [2.45, 2.75) is 19.4 Å². The Kier molecular flexibility index (Phi) is 3.49. The van der Waals surface area contributed by atoms with Gasteiger partial charge in [-0.1, -0.05) is 18.2 Å². The number of pyridine rings is 1. The van der Waals surface area contributed by atoms with Crippen LogP contribution in [0.25, 0.3) is 10.8 Å². The van der Waals surface area contributed by atoms with Crippen LogP contribution in [0.2, 0.25) is 0 Å². The zero-order valence-corrected chi connectivity index (χ0v) is 11.9. The van der Waals surface area contributed by atoms with Gasteiger partial charge in [-0.05, 0) is 49.9 Å². The van der Waals surface area contributed by atoms with Crippen LogP contribution in [-0.2, 0) is 6.54 Å². The number of likely N-dealkylation sites (tertiary alicyclic amines) is 1. The number of hydrogen-bond donors (Lipinski definition) is 1. The third kappa shape index (κ3) is 2.43. The van der Waals surface area contributed by atoms with Crippen LogP contribution in [-0.4, -0.2) is 29.6 Å². The Morgan fingerprint density at radius 3 is 2.95 bits per heavy atom. The largest absolute Gasteiger partial charge is 0.385 e. The van der Waals surface area contributed by atoms with Gasteiger partial charge in [0.1, 0.15) is 5.82 Å². The van der Waals surface area contributed by atoms with E-state index < -0.39 is 0 Å². The van der Waals surface area contributed by atoms with Crippen LogP contribution >= 0.6 is 0 Å². The average Bonchev–Trinajstić information content (AvgIpc) is 2.43. The Morgan fingerprint density at radius 2 is 2.15 bits per heavy atom. The van der Waals surface area contributed by atoms with Gasteiger partial charge in [0.2, 0.25) is 0 Å². The number of aromatic nitrogens is 1. The lowest BCUT2D eigenvalue weighted by Gasteiger charge is -2.30. The van der Waals surface area contributed by atoms with Crippen LogP contribution in [0.3, 0.4) is 0 Å². The molecule has 0 aliphatic carbocycles. The van der Waals surface area contributed by atoms with Crippen LogP contribution in [0, 0.1) is 5.92 Å². The van der Waals surface area contributed by atoms with Crippen molar-refractivity contribution < 1.29 is 0 Å². The van der Waals surface area contributed by atoms with E-state index in [4.69, 9.17) is 5.73 Å². The zero-order chi connectivity index (χ0) is 14.1. The smallest absolute Gasteiger partial charge is 0.259 e. The summed E-state index contributed by atoms with van der Waals surface area (Å²) in [6.45, 7) is 2.91. The maximum atomic E-state index is 12.6. The molecule has 1 aliphatic rings. The van der Waals surface area contributed by atoms with Gasteiger partial charge < -0.3 is 10.6 Å². The molecule has 0 amide bonds. The summed E-state index contributed by atoms with van der Waals surface area (Å²) in [6.07, 6.45) is 2.37. The van der Waals surface area contributed by atoms with Crippen molar-refractivity contribution in [3.63, 3.8) is 0 Å². The molecule has 1 unspecified atom stereocenters. The highest BCUT2D eigenvalue weighted by atomic mass is 16.1. The van der Waals surface area contributed by atoms with Gasteiger partial charge in [-0.2, -0.15) is 0 Å². The maximum absolute atomic E-state index is 12.6. The number of nitrogens with two attached hydrogens (primary N) is 1. The number of piperidine rings is 1. The number of benzene rings is 1. The van der Waals surface area contributed by atoms with E-state index in [2.05, 4.69) is 11.9 Å². The number of fused-ring (bicyclic) bond motifs is 1. The van der Waals surface area contributed by atoms with Crippen molar-refractivity contribution in [1.29, 1.82) is 0 Å². The fourth-order valence-electron chi connectivity index (χ4n) is 3.19. The molecule has 1 aromatic heterocycles. The molecule has 3 rings (SSSR count). The van der Waals surface area contributed by atoms with E-state index in [-0.39, 0.29) is 5.56 Å². The van der Waals surface area contributed by atoms with E-state index in [0.717, 1.165) is 30.4 Å². The predicted molar refractivity (Wildman–Crippen MR) is 82.8 cm³/mol. The Labute approximate surface area is 118 Å². The van der Waals surface area contributed by atoms with Crippen LogP contribution < -0.4 is 11.3 Å². The number of nitrogens with zero attached hydrogens (tertiary/aromatic N) is 2. The minimum absolute atomic E-state index is 0.0360. The quantitative estimate of drug-likeness (QED) is 0.908. The Bertz CT molecular complexity index is 677. The second-order valence-electron chi connectivity index (χ2n) is 5.84. The number of rotatable bonds is 2. The molecular weight excluding hydrogens is 250 g/mol. The third-order valence-electron chi connectivity index (χ3n) is 4.21. The molecule has 2 N–H and O–H groups in total. The van der Waals surface area contributed by atoms with E-state index in [1.165, 1.54) is 12.8 Å². The van der Waals surface area contributed by atoms with Crippen molar-refractivity contribution in [1.82, 2.24) is 9.47 Å². The molecule has 1 aromatic carbocycles. The highest BCUT2D eigenvalue weighted by Gasteiger charge is 2.19. The molecule has 0 radical (unpaired) electrons. The van der Waals surface area contributed by atoms with Crippen LogP contribution in [0.4, 0.5) is 5.82 Å². The van der Waals surface area contributed by atoms with Crippen molar-refractivity contribution >= 4 is 16.6 Å². The van der Waals surface area contributed by atoms with Gasteiger partial charge >= 0.3 is 0 Å². The van der Waals surface area contributed by atoms with E-state index in [9.17, 15) is 4.79 Å². The summed E-state index contributed by atoms with van der Waals surface area (Å²) < 4.78 is 1.74. The zero-order valence-electron chi connectivity index (χ0n) is 11.9. The minimum atomic E-state index is 0.0360. The summed E-state index contributed by atoms with van der Waals surface area (Å²) in [7, 11) is 2.14. The van der Waals surface area contributed by atoms with Crippen LogP contribution in [0.1, 0.15) is 12.8 Å². The molecule has 1 fully saturated rings. The minimum Gasteiger partial charge on any atom is -0.385 e. The number of nitrogen functional groups attached to an aromatic ring is 1. The summed E-state index contributed by atoms with van der Waals surface area (Å²) in [5.74, 6) is 1.08. The first kappa shape index (κ1) is 13.2. The first-order valence-corrected chi connectivity index (χ1v) is 7.22. The van der Waals surface area contributed by atoms with Crippen molar-refractivity contribution in [3.05, 3.63) is 40.7 Å². The van der Waals surface area contributed by atoms with E-state index in [1.54, 1.807) is 4.57 Å². The van der Waals surface area contributed by atoms with Gasteiger partial charge in [0.05, 0.1) is 0 Å². The summed E-state index contributed by atoms with van der Waals surface area (Å²) in [4.78, 5) is 14.9. The Morgan fingerprint density at radius 1 is 1.35 bits per heavy atom. The molecule has 1 aliphatic heterocycles. The van der Waals surface area contributed by atoms with Gasteiger partial charge in [0.15, 0.2) is 0 Å². The van der Waals surface area contributed by atoms with Crippen molar-refractivity contribution in [2.24, 2.45) is 5.92 Å². The molecule has 2 aromatic rings. The molecule has 4 heteroatoms. The Balaban J connectivity index is 1.97. The highest BCUT2D eigenvalue weighted by Crippen LogP contribution is 2.19. The van der Waals surface area contributed by atoms with Crippen molar-refractivity contribution in [3.8, 4) is 0 Å². The first-order chi connectivity index (χ1) is 9.65. The van der Waals surface area contributed by atoms with Crippen molar-refractivity contribution in [2.75, 3.05) is 25.9 Å². The molecule has 106 valence electrons. The molecule has 2 heterocycles. The molecule has 1 saturated heterocycles. The molecule has 4 nitrogen and oxygen atoms in total. The van der Waals surface area contributed by atoms with Gasteiger partial charge in [0.25, 0.3) is 5.56 Å². The van der Waals surface area contributed by atoms with Gasteiger partial charge in [0, 0.05) is 18.5 Å². The monoisotopic (exact) mass is 271 g/mol. The molecule has 0 spiro atoms. The number of hydrogen-bond acceptors (Lipinski definition) is 3. The summed E-state index contributed by atoms with van der Waals surface area (Å²) >= 11 is 0.